The number of esters is 1. The van der Waals surface area contributed by atoms with Gasteiger partial charge in [0.2, 0.25) is 0 Å². The van der Waals surface area contributed by atoms with Crippen molar-refractivity contribution in [2.75, 3.05) is 6.61 Å². The molecule has 0 radical (unpaired) electrons. The maximum Gasteiger partial charge on any atom is 1.00 e. The monoisotopic (exact) mass is 310 g/mol. The molecule has 1 atom stereocenters. The van der Waals surface area contributed by atoms with Crippen molar-refractivity contribution in [3.8, 4) is 0 Å². The summed E-state index contributed by atoms with van der Waals surface area (Å²) in [7, 11) is 0. The molecule has 0 aliphatic heterocycles. The zero-order valence-corrected chi connectivity index (χ0v) is 15.8. The number of unbranched alkanes of at least 4 members (excludes halogenated alkanes) is 1. The van der Waals surface area contributed by atoms with E-state index < -0.39 is 0 Å². The Hall–Kier alpha value is -0.973. The quantitative estimate of drug-likeness (QED) is 0.459. The summed E-state index contributed by atoms with van der Waals surface area (Å²) in [4.78, 5) is 11.5. The summed E-state index contributed by atoms with van der Waals surface area (Å²) in [6, 6.07) is 8.36. The first kappa shape index (κ1) is 24.3. The van der Waals surface area contributed by atoms with Crippen LogP contribution in [0.2, 0.25) is 0 Å². The van der Waals surface area contributed by atoms with Gasteiger partial charge in [-0.15, -0.1) is 0 Å². The molecule has 2 nitrogen and oxygen atoms in total. The zero-order chi connectivity index (χ0) is 17.0. The maximum atomic E-state index is 11.5. The molecule has 124 valence electrons. The molecule has 0 heterocycles. The van der Waals surface area contributed by atoms with Gasteiger partial charge in [0, 0.05) is 0 Å². The zero-order valence-electron chi connectivity index (χ0n) is 15.8. The van der Waals surface area contributed by atoms with E-state index >= 15 is 0 Å². The van der Waals surface area contributed by atoms with E-state index in [0.717, 1.165) is 12.8 Å². The van der Waals surface area contributed by atoms with Crippen molar-refractivity contribution in [1.29, 1.82) is 0 Å². The average Bonchev–Trinajstić information content (AvgIpc) is 2.50. The van der Waals surface area contributed by atoms with Gasteiger partial charge in [0.05, 0.1) is 12.5 Å². The third-order valence-electron chi connectivity index (χ3n) is 3.16. The number of ether oxygens (including phenoxy) is 1. The van der Waals surface area contributed by atoms with E-state index in [9.17, 15) is 4.79 Å². The Kier molecular flexibility index (Phi) is 15.4. The first-order valence-electron chi connectivity index (χ1n) is 8.14. The van der Waals surface area contributed by atoms with Gasteiger partial charge in [0.1, 0.15) is 0 Å². The molecule has 0 aliphatic rings. The molecule has 1 unspecified atom stereocenters. The van der Waals surface area contributed by atoms with Crippen molar-refractivity contribution in [1.82, 2.24) is 0 Å². The van der Waals surface area contributed by atoms with Crippen LogP contribution in [-0.2, 0) is 9.53 Å². The van der Waals surface area contributed by atoms with E-state index in [2.05, 4.69) is 58.0 Å². The SMILES string of the molecule is CCOC(=O)C(C)CC(C)=Cc1ccc(C)cc1.[CH2-]CCC.[Li+]. The number of benzene rings is 1. The summed E-state index contributed by atoms with van der Waals surface area (Å²) in [6.07, 6.45) is 5.14. The van der Waals surface area contributed by atoms with Gasteiger partial charge >= 0.3 is 24.8 Å². The standard InChI is InChI=1S/C16H22O2.C4H9.Li/c1-5-18-16(17)14(4)10-13(3)11-15-8-6-12(2)7-9-15;1-3-4-2;/h6-9,11,14H,5,10H2,1-4H3;1,3-4H2,2H3;/q;-1;+1. The van der Waals surface area contributed by atoms with Gasteiger partial charge in [-0.25, -0.2) is 0 Å². The van der Waals surface area contributed by atoms with E-state index in [0.29, 0.717) is 6.61 Å². The number of allylic oxidation sites excluding steroid dienone is 1. The fraction of sp³-hybridized carbons (Fsp3) is 0.500. The third kappa shape index (κ3) is 12.2. The normalized spacial score (nSPS) is 11.7. The number of hydrogen-bond acceptors (Lipinski definition) is 2. The molecule has 0 fully saturated rings. The minimum absolute atomic E-state index is 0. The third-order valence-corrected chi connectivity index (χ3v) is 3.16. The molecular formula is C20H31LiO2. The van der Waals surface area contributed by atoms with Crippen LogP contribution in [0.4, 0.5) is 0 Å². The van der Waals surface area contributed by atoms with Gasteiger partial charge in [-0.3, -0.25) is 4.79 Å². The van der Waals surface area contributed by atoms with Crippen molar-refractivity contribution in [3.05, 3.63) is 47.9 Å². The fourth-order valence-corrected chi connectivity index (χ4v) is 1.86. The molecule has 0 spiro atoms. The van der Waals surface area contributed by atoms with Crippen molar-refractivity contribution in [2.45, 2.75) is 53.9 Å². The second-order valence-electron chi connectivity index (χ2n) is 5.61. The molecule has 23 heavy (non-hydrogen) atoms. The van der Waals surface area contributed by atoms with E-state index in [4.69, 9.17) is 4.74 Å². The number of carbonyl (C=O) groups excluding carboxylic acids is 1. The Morgan fingerprint density at radius 2 is 1.78 bits per heavy atom. The molecule has 1 rings (SSSR count). The minimum Gasteiger partial charge on any atom is -0.466 e. The molecule has 1 aromatic rings. The Morgan fingerprint density at radius 3 is 2.22 bits per heavy atom. The predicted molar refractivity (Wildman–Crippen MR) is 95.5 cm³/mol. The molecule has 0 bridgehead atoms. The van der Waals surface area contributed by atoms with Crippen LogP contribution < -0.4 is 18.9 Å². The predicted octanol–water partition coefficient (Wildman–Crippen LogP) is 2.61. The van der Waals surface area contributed by atoms with Crippen molar-refractivity contribution in [2.24, 2.45) is 5.92 Å². The van der Waals surface area contributed by atoms with Gasteiger partial charge in [0.25, 0.3) is 0 Å². The van der Waals surface area contributed by atoms with E-state index in [1.54, 1.807) is 0 Å². The topological polar surface area (TPSA) is 26.3 Å². The van der Waals surface area contributed by atoms with Gasteiger partial charge < -0.3 is 11.7 Å². The van der Waals surface area contributed by atoms with Crippen LogP contribution in [0.25, 0.3) is 6.08 Å². The molecule has 0 amide bonds. The largest absolute Gasteiger partial charge is 1.00 e. The number of carbonyl (C=O) groups is 1. The summed E-state index contributed by atoms with van der Waals surface area (Å²) in [5.41, 5.74) is 3.62. The molecular weight excluding hydrogens is 279 g/mol. The van der Waals surface area contributed by atoms with Crippen LogP contribution in [-0.4, -0.2) is 12.6 Å². The van der Waals surface area contributed by atoms with Crippen LogP contribution >= 0.6 is 0 Å². The Morgan fingerprint density at radius 1 is 1.26 bits per heavy atom. The Bertz CT molecular complexity index is 447. The van der Waals surface area contributed by atoms with E-state index in [1.165, 1.54) is 23.1 Å². The number of hydrogen-bond donors (Lipinski definition) is 0. The minimum atomic E-state index is -0.117. The van der Waals surface area contributed by atoms with Crippen molar-refractivity contribution in [3.63, 3.8) is 0 Å². The van der Waals surface area contributed by atoms with Gasteiger partial charge in [-0.2, -0.15) is 6.42 Å². The van der Waals surface area contributed by atoms with Gasteiger partial charge in [-0.1, -0.05) is 61.7 Å². The summed E-state index contributed by atoms with van der Waals surface area (Å²) >= 11 is 0. The molecule has 0 saturated carbocycles. The van der Waals surface area contributed by atoms with Crippen LogP contribution in [0.15, 0.2) is 29.8 Å². The number of aryl methyl sites for hydroxylation is 1. The first-order valence-corrected chi connectivity index (χ1v) is 8.14. The molecule has 0 N–H and O–H groups in total. The Balaban J connectivity index is 0. The maximum absolute atomic E-state index is 11.5. The van der Waals surface area contributed by atoms with Crippen molar-refractivity contribution >= 4 is 12.0 Å². The van der Waals surface area contributed by atoms with Crippen LogP contribution in [0.3, 0.4) is 0 Å². The fourth-order valence-electron chi connectivity index (χ4n) is 1.86. The summed E-state index contributed by atoms with van der Waals surface area (Å²) in [5.74, 6) is -0.194. The van der Waals surface area contributed by atoms with Crippen LogP contribution in [0.5, 0.6) is 0 Å². The molecule has 0 aliphatic carbocycles. The molecule has 0 aromatic heterocycles. The summed E-state index contributed by atoms with van der Waals surface area (Å²) in [5, 5.41) is 0. The number of rotatable bonds is 6. The van der Waals surface area contributed by atoms with Crippen LogP contribution in [0.1, 0.15) is 58.1 Å². The smallest absolute Gasteiger partial charge is 0.466 e. The molecule has 3 heteroatoms. The second kappa shape index (κ2) is 14.6. The van der Waals surface area contributed by atoms with E-state index in [-0.39, 0.29) is 30.7 Å². The average molecular weight is 310 g/mol. The Labute approximate surface area is 154 Å². The van der Waals surface area contributed by atoms with Crippen LogP contribution in [0, 0.1) is 19.8 Å². The first-order chi connectivity index (χ1) is 10.4. The summed E-state index contributed by atoms with van der Waals surface area (Å²) < 4.78 is 5.00. The van der Waals surface area contributed by atoms with Gasteiger partial charge in [-0.05, 0) is 32.8 Å². The molecule has 0 saturated heterocycles. The second-order valence-corrected chi connectivity index (χ2v) is 5.61. The molecule has 1 aromatic carbocycles. The summed E-state index contributed by atoms with van der Waals surface area (Å²) in [6.45, 7) is 14.0. The van der Waals surface area contributed by atoms with Gasteiger partial charge in [0.15, 0.2) is 0 Å². The van der Waals surface area contributed by atoms with E-state index in [1.807, 2.05) is 13.8 Å². The van der Waals surface area contributed by atoms with Crippen molar-refractivity contribution < 1.29 is 28.4 Å².